The van der Waals surface area contributed by atoms with E-state index in [0.29, 0.717) is 12.1 Å². The molecule has 4 heterocycles. The number of likely N-dealkylation sites (tertiary alicyclic amines) is 1. The molecule has 0 saturated carbocycles. The van der Waals surface area contributed by atoms with Crippen LogP contribution < -0.4 is 11.1 Å². The first kappa shape index (κ1) is 25.7. The van der Waals surface area contributed by atoms with Gasteiger partial charge in [-0.25, -0.2) is 4.79 Å². The number of nitrogens with one attached hydrogen (secondary N) is 1. The van der Waals surface area contributed by atoms with Gasteiger partial charge in [-0.05, 0) is 49.1 Å². The number of carbonyl (C=O) groups is 1. The fourth-order valence-electron chi connectivity index (χ4n) is 6.35. The summed E-state index contributed by atoms with van der Waals surface area (Å²) in [6.07, 6.45) is 5.31. The molecule has 3 saturated heterocycles. The van der Waals surface area contributed by atoms with Crippen molar-refractivity contribution in [1.82, 2.24) is 25.0 Å². The third kappa shape index (κ3) is 5.78. The van der Waals surface area contributed by atoms with E-state index in [1.807, 2.05) is 18.3 Å². The normalized spacial score (nSPS) is 26.2. The summed E-state index contributed by atoms with van der Waals surface area (Å²) in [6, 6.07) is 8.19. The molecular weight excluding hydrogens is 476 g/mol. The average Bonchev–Trinajstić information content (AvgIpc) is 2.89. The van der Waals surface area contributed by atoms with E-state index in [-0.39, 0.29) is 0 Å². The fourth-order valence-corrected chi connectivity index (χ4v) is 6.57. The number of nitrogens with zero attached hydrogens (tertiary/aromatic N) is 4. The molecule has 8 nitrogen and oxygen atoms in total. The molecule has 196 valence electrons. The lowest BCUT2D eigenvalue weighted by Crippen LogP contribution is -2.60. The SMILES string of the molecule is CCN1CCN(CC2(OC(N)=O)CCN(C3CCC(c4cc(Cl)cc5ncccc45)CN3)CC2)CC1. The van der Waals surface area contributed by atoms with Gasteiger partial charge in [-0.3, -0.25) is 14.8 Å². The molecule has 2 atom stereocenters. The van der Waals surface area contributed by atoms with Crippen molar-refractivity contribution in [3.05, 3.63) is 41.0 Å². The lowest BCUT2D eigenvalue weighted by Gasteiger charge is -2.47. The van der Waals surface area contributed by atoms with Gasteiger partial charge in [0, 0.05) is 81.8 Å². The molecule has 0 radical (unpaired) electrons. The van der Waals surface area contributed by atoms with Crippen molar-refractivity contribution in [1.29, 1.82) is 0 Å². The summed E-state index contributed by atoms with van der Waals surface area (Å²) in [5.74, 6) is 0.413. The maximum Gasteiger partial charge on any atom is 0.405 e. The lowest BCUT2D eigenvalue weighted by molar-refractivity contribution is -0.0685. The zero-order valence-corrected chi connectivity index (χ0v) is 22.1. The average molecular weight is 515 g/mol. The van der Waals surface area contributed by atoms with Crippen molar-refractivity contribution in [3.8, 4) is 0 Å². The van der Waals surface area contributed by atoms with E-state index in [4.69, 9.17) is 22.1 Å². The van der Waals surface area contributed by atoms with Crippen LogP contribution in [-0.4, -0.2) is 96.4 Å². The Morgan fingerprint density at radius 3 is 2.58 bits per heavy atom. The van der Waals surface area contributed by atoms with Gasteiger partial charge in [-0.15, -0.1) is 0 Å². The molecule has 0 spiro atoms. The molecule has 2 aromatic rings. The minimum atomic E-state index is -0.655. The molecule has 2 unspecified atom stereocenters. The van der Waals surface area contributed by atoms with Crippen molar-refractivity contribution in [3.63, 3.8) is 0 Å². The van der Waals surface area contributed by atoms with Crippen LogP contribution in [0, 0.1) is 0 Å². The van der Waals surface area contributed by atoms with E-state index in [9.17, 15) is 4.79 Å². The molecule has 3 N–H and O–H groups in total. The first-order valence-corrected chi connectivity index (χ1v) is 13.8. The van der Waals surface area contributed by atoms with Crippen LogP contribution in [0.3, 0.4) is 0 Å². The predicted octanol–water partition coefficient (Wildman–Crippen LogP) is 3.25. The number of piperazine rings is 1. The van der Waals surface area contributed by atoms with Crippen LogP contribution in [0.5, 0.6) is 0 Å². The van der Waals surface area contributed by atoms with E-state index >= 15 is 0 Å². The van der Waals surface area contributed by atoms with Crippen LogP contribution in [0.2, 0.25) is 5.02 Å². The van der Waals surface area contributed by atoms with E-state index in [0.717, 1.165) is 95.1 Å². The van der Waals surface area contributed by atoms with Crippen molar-refractivity contribution < 1.29 is 9.53 Å². The summed E-state index contributed by atoms with van der Waals surface area (Å²) < 4.78 is 5.82. The van der Waals surface area contributed by atoms with Gasteiger partial charge in [-0.1, -0.05) is 24.6 Å². The summed E-state index contributed by atoms with van der Waals surface area (Å²) >= 11 is 6.42. The highest BCUT2D eigenvalue weighted by atomic mass is 35.5. The Bertz CT molecular complexity index is 1040. The molecule has 1 amide bonds. The van der Waals surface area contributed by atoms with E-state index in [1.165, 1.54) is 10.9 Å². The number of halogens is 1. The zero-order valence-electron chi connectivity index (χ0n) is 21.3. The van der Waals surface area contributed by atoms with Crippen molar-refractivity contribution in [2.24, 2.45) is 5.73 Å². The molecule has 0 aliphatic carbocycles. The fraction of sp³-hybridized carbons (Fsp3) is 0.630. The molecule has 36 heavy (non-hydrogen) atoms. The second-order valence-electron chi connectivity index (χ2n) is 10.6. The number of likely N-dealkylation sites (N-methyl/N-ethyl adjacent to an activating group) is 1. The number of primary amides is 1. The number of nitrogens with two attached hydrogens (primary N) is 1. The number of piperidine rings is 2. The number of hydrogen-bond acceptors (Lipinski definition) is 7. The quantitative estimate of drug-likeness (QED) is 0.612. The zero-order chi connectivity index (χ0) is 25.1. The summed E-state index contributed by atoms with van der Waals surface area (Å²) in [5, 5.41) is 5.74. The number of hydrogen-bond donors (Lipinski definition) is 2. The number of fused-ring (bicyclic) bond motifs is 1. The number of rotatable bonds is 6. The van der Waals surface area contributed by atoms with Gasteiger partial charge in [-0.2, -0.15) is 0 Å². The van der Waals surface area contributed by atoms with Crippen LogP contribution in [0.15, 0.2) is 30.5 Å². The van der Waals surface area contributed by atoms with Crippen LogP contribution in [0.25, 0.3) is 10.9 Å². The highest BCUT2D eigenvalue weighted by Crippen LogP contribution is 2.35. The summed E-state index contributed by atoms with van der Waals surface area (Å²) in [5.41, 5.74) is 7.28. The molecule has 3 fully saturated rings. The van der Waals surface area contributed by atoms with E-state index in [2.05, 4.69) is 44.1 Å². The smallest absolute Gasteiger partial charge is 0.405 e. The number of carbonyl (C=O) groups excluding carboxylic acids is 1. The van der Waals surface area contributed by atoms with E-state index < -0.39 is 11.7 Å². The monoisotopic (exact) mass is 514 g/mol. The standard InChI is InChI=1S/C27H39ClN6O2/c1-2-32-12-14-33(15-13-32)19-27(36-26(29)35)7-10-34(11-8-27)25-6-5-20(18-31-25)23-16-21(28)17-24-22(23)4-3-9-30-24/h3-4,9,16-17,20,25,31H,2,5-8,10-15,18-19H2,1H3,(H2,29,35). The lowest BCUT2D eigenvalue weighted by atomic mass is 9.86. The second kappa shape index (κ2) is 11.2. The Morgan fingerprint density at radius 1 is 1.17 bits per heavy atom. The predicted molar refractivity (Wildman–Crippen MR) is 143 cm³/mol. The van der Waals surface area contributed by atoms with Crippen LogP contribution >= 0.6 is 11.6 Å². The topological polar surface area (TPSA) is 87.0 Å². The van der Waals surface area contributed by atoms with Crippen molar-refractivity contribution in [2.75, 3.05) is 58.9 Å². The number of ether oxygens (including phenoxy) is 1. The maximum atomic E-state index is 11.8. The third-order valence-corrected chi connectivity index (χ3v) is 8.66. The van der Waals surface area contributed by atoms with Gasteiger partial charge >= 0.3 is 6.09 Å². The molecule has 3 aliphatic rings. The first-order chi connectivity index (χ1) is 17.4. The molecule has 0 bridgehead atoms. The van der Waals surface area contributed by atoms with Gasteiger partial charge < -0.3 is 20.7 Å². The minimum absolute atomic E-state index is 0.338. The van der Waals surface area contributed by atoms with Gasteiger partial charge in [0.2, 0.25) is 0 Å². The highest BCUT2D eigenvalue weighted by Gasteiger charge is 2.41. The Hall–Kier alpha value is -1.97. The third-order valence-electron chi connectivity index (χ3n) is 8.44. The van der Waals surface area contributed by atoms with Crippen LogP contribution in [0.1, 0.15) is 44.1 Å². The van der Waals surface area contributed by atoms with Gasteiger partial charge in [0.05, 0.1) is 11.7 Å². The van der Waals surface area contributed by atoms with Crippen LogP contribution in [-0.2, 0) is 4.74 Å². The van der Waals surface area contributed by atoms with Crippen molar-refractivity contribution >= 4 is 28.6 Å². The Kier molecular flexibility index (Phi) is 7.98. The molecule has 1 aromatic carbocycles. The Balaban J connectivity index is 1.18. The second-order valence-corrected chi connectivity index (χ2v) is 11.1. The first-order valence-electron chi connectivity index (χ1n) is 13.4. The molecular formula is C27H39ClN6O2. The van der Waals surface area contributed by atoms with E-state index in [1.54, 1.807) is 0 Å². The van der Waals surface area contributed by atoms with Gasteiger partial charge in [0.1, 0.15) is 5.60 Å². The van der Waals surface area contributed by atoms with Crippen molar-refractivity contribution in [2.45, 2.75) is 50.3 Å². The van der Waals surface area contributed by atoms with Crippen LogP contribution in [0.4, 0.5) is 4.79 Å². The number of pyridine rings is 1. The molecule has 5 rings (SSSR count). The molecule has 9 heteroatoms. The highest BCUT2D eigenvalue weighted by molar-refractivity contribution is 6.31. The molecule has 3 aliphatic heterocycles. The minimum Gasteiger partial charge on any atom is -0.442 e. The number of benzene rings is 1. The summed E-state index contributed by atoms with van der Waals surface area (Å²) in [7, 11) is 0. The molecule has 1 aromatic heterocycles. The van der Waals surface area contributed by atoms with Gasteiger partial charge in [0.25, 0.3) is 0 Å². The Labute approximate surface area is 219 Å². The van der Waals surface area contributed by atoms with Gasteiger partial charge in [0.15, 0.2) is 0 Å². The largest absolute Gasteiger partial charge is 0.442 e. The maximum absolute atomic E-state index is 11.8. The summed E-state index contributed by atoms with van der Waals surface area (Å²) in [4.78, 5) is 23.7. The number of aromatic nitrogens is 1. The summed E-state index contributed by atoms with van der Waals surface area (Å²) in [6.45, 7) is 10.9. The Morgan fingerprint density at radius 2 is 1.92 bits per heavy atom. The number of amides is 1.